The maximum atomic E-state index is 5.34. The molecule has 2 heterocycles. The molecule has 0 bridgehead atoms. The van der Waals surface area contributed by atoms with Crippen molar-refractivity contribution in [3.05, 3.63) is 59.9 Å². The Kier molecular flexibility index (Phi) is 4.29. The van der Waals surface area contributed by atoms with Crippen LogP contribution in [0.25, 0.3) is 0 Å². The quantitative estimate of drug-likeness (QED) is 0.766. The lowest BCUT2D eigenvalue weighted by Gasteiger charge is -2.41. The van der Waals surface area contributed by atoms with E-state index in [-0.39, 0.29) is 0 Å². The Hall–Kier alpha value is -2.07. The first-order valence-corrected chi connectivity index (χ1v) is 7.73. The van der Waals surface area contributed by atoms with Crippen LogP contribution in [0.3, 0.4) is 0 Å². The molecule has 0 saturated carbocycles. The lowest BCUT2D eigenvalue weighted by molar-refractivity contribution is 0.0815. The van der Waals surface area contributed by atoms with Crippen LogP contribution < -0.4 is 4.74 Å². The molecule has 0 spiro atoms. The number of aryl methyl sites for hydroxylation is 1. The predicted octanol–water partition coefficient (Wildman–Crippen LogP) is 3.33. The fourth-order valence-electron chi connectivity index (χ4n) is 3.02. The van der Waals surface area contributed by atoms with E-state index in [1.807, 2.05) is 16.8 Å². The molecular weight excluding hydrogens is 274 g/mol. The van der Waals surface area contributed by atoms with E-state index in [0.29, 0.717) is 6.04 Å². The number of aromatic nitrogens is 2. The molecule has 116 valence electrons. The van der Waals surface area contributed by atoms with Crippen LogP contribution in [0, 0.1) is 6.92 Å². The van der Waals surface area contributed by atoms with Gasteiger partial charge in [-0.15, -0.1) is 6.58 Å². The van der Waals surface area contributed by atoms with Crippen LogP contribution in [0.5, 0.6) is 5.75 Å². The monoisotopic (exact) mass is 297 g/mol. The minimum Gasteiger partial charge on any atom is -0.497 e. The van der Waals surface area contributed by atoms with Crippen LogP contribution >= 0.6 is 0 Å². The third-order valence-corrected chi connectivity index (χ3v) is 4.35. The Morgan fingerprint density at radius 3 is 3.00 bits per heavy atom. The largest absolute Gasteiger partial charge is 0.497 e. The minimum atomic E-state index is 0.484. The average Bonchev–Trinajstić information content (AvgIpc) is 2.84. The number of ether oxygens (including phenoxy) is 1. The minimum absolute atomic E-state index is 0.484. The van der Waals surface area contributed by atoms with Gasteiger partial charge in [0, 0.05) is 30.9 Å². The Labute approximate surface area is 132 Å². The van der Waals surface area contributed by atoms with Gasteiger partial charge in [0.15, 0.2) is 0 Å². The molecular formula is C18H23N3O. The SMILES string of the molecule is C=CCn1cc(CN2CCC2c2cccc(OC)c2)c(C)n1. The van der Waals surface area contributed by atoms with Gasteiger partial charge in [0.25, 0.3) is 0 Å². The smallest absolute Gasteiger partial charge is 0.119 e. The van der Waals surface area contributed by atoms with Crippen molar-refractivity contribution in [1.82, 2.24) is 14.7 Å². The van der Waals surface area contributed by atoms with Crippen LogP contribution in [0.2, 0.25) is 0 Å². The number of hydrogen-bond donors (Lipinski definition) is 0. The number of methoxy groups -OCH3 is 1. The van der Waals surface area contributed by atoms with Crippen molar-refractivity contribution in [2.24, 2.45) is 0 Å². The van der Waals surface area contributed by atoms with Crippen molar-refractivity contribution in [2.75, 3.05) is 13.7 Å². The Bertz CT molecular complexity index is 662. The first kappa shape index (κ1) is 14.9. The third kappa shape index (κ3) is 2.92. The molecule has 4 nitrogen and oxygen atoms in total. The summed E-state index contributed by atoms with van der Waals surface area (Å²) >= 11 is 0. The van der Waals surface area contributed by atoms with Gasteiger partial charge < -0.3 is 4.74 Å². The molecule has 0 aliphatic carbocycles. The topological polar surface area (TPSA) is 30.3 Å². The first-order chi connectivity index (χ1) is 10.7. The highest BCUT2D eigenvalue weighted by Crippen LogP contribution is 2.36. The Balaban J connectivity index is 1.72. The highest BCUT2D eigenvalue weighted by atomic mass is 16.5. The van der Waals surface area contributed by atoms with Gasteiger partial charge in [-0.1, -0.05) is 18.2 Å². The van der Waals surface area contributed by atoms with Crippen molar-refractivity contribution in [3.8, 4) is 5.75 Å². The van der Waals surface area contributed by atoms with Gasteiger partial charge >= 0.3 is 0 Å². The summed E-state index contributed by atoms with van der Waals surface area (Å²) in [7, 11) is 1.72. The van der Waals surface area contributed by atoms with E-state index in [0.717, 1.165) is 31.1 Å². The average molecular weight is 297 g/mol. The summed E-state index contributed by atoms with van der Waals surface area (Å²) in [5.41, 5.74) is 3.74. The molecule has 1 aromatic carbocycles. The summed E-state index contributed by atoms with van der Waals surface area (Å²) in [6, 6.07) is 8.88. The Morgan fingerprint density at radius 1 is 1.45 bits per heavy atom. The van der Waals surface area contributed by atoms with E-state index < -0.39 is 0 Å². The van der Waals surface area contributed by atoms with E-state index in [2.05, 4.69) is 47.9 Å². The molecule has 3 rings (SSSR count). The van der Waals surface area contributed by atoms with E-state index in [1.165, 1.54) is 17.5 Å². The molecule has 0 radical (unpaired) electrons. The van der Waals surface area contributed by atoms with Crippen LogP contribution in [-0.2, 0) is 13.1 Å². The van der Waals surface area contributed by atoms with E-state index in [4.69, 9.17) is 4.74 Å². The first-order valence-electron chi connectivity index (χ1n) is 7.73. The van der Waals surface area contributed by atoms with E-state index in [9.17, 15) is 0 Å². The van der Waals surface area contributed by atoms with Crippen molar-refractivity contribution < 1.29 is 4.74 Å². The molecule has 0 N–H and O–H groups in total. The molecule has 22 heavy (non-hydrogen) atoms. The van der Waals surface area contributed by atoms with Gasteiger partial charge in [-0.3, -0.25) is 9.58 Å². The van der Waals surface area contributed by atoms with Crippen molar-refractivity contribution in [1.29, 1.82) is 0 Å². The van der Waals surface area contributed by atoms with Gasteiger partial charge in [-0.2, -0.15) is 5.10 Å². The van der Waals surface area contributed by atoms with E-state index >= 15 is 0 Å². The van der Waals surface area contributed by atoms with Gasteiger partial charge in [0.05, 0.1) is 19.3 Å². The zero-order valence-corrected chi connectivity index (χ0v) is 13.3. The predicted molar refractivity (Wildman–Crippen MR) is 87.9 cm³/mol. The molecule has 1 aromatic heterocycles. The third-order valence-electron chi connectivity index (χ3n) is 4.35. The molecule has 1 aliphatic rings. The summed E-state index contributed by atoms with van der Waals surface area (Å²) in [5.74, 6) is 0.930. The van der Waals surface area contributed by atoms with Crippen molar-refractivity contribution >= 4 is 0 Å². The second kappa shape index (κ2) is 6.36. The van der Waals surface area contributed by atoms with Crippen LogP contribution in [0.1, 0.15) is 29.3 Å². The fourth-order valence-corrected chi connectivity index (χ4v) is 3.02. The number of hydrogen-bond acceptors (Lipinski definition) is 3. The summed E-state index contributed by atoms with van der Waals surface area (Å²) in [6.45, 7) is 8.69. The van der Waals surface area contributed by atoms with Crippen LogP contribution in [0.15, 0.2) is 43.1 Å². The van der Waals surface area contributed by atoms with Gasteiger partial charge in [-0.05, 0) is 31.0 Å². The maximum absolute atomic E-state index is 5.34. The molecule has 2 aromatic rings. The number of benzene rings is 1. The summed E-state index contributed by atoms with van der Waals surface area (Å²) in [5, 5.41) is 4.54. The van der Waals surface area contributed by atoms with Crippen LogP contribution in [0.4, 0.5) is 0 Å². The highest BCUT2D eigenvalue weighted by molar-refractivity contribution is 5.32. The fraction of sp³-hybridized carbons (Fsp3) is 0.389. The summed E-state index contributed by atoms with van der Waals surface area (Å²) < 4.78 is 7.29. The van der Waals surface area contributed by atoms with Crippen molar-refractivity contribution in [2.45, 2.75) is 32.5 Å². The molecule has 0 amide bonds. The van der Waals surface area contributed by atoms with E-state index in [1.54, 1.807) is 7.11 Å². The molecule has 1 fully saturated rings. The Morgan fingerprint density at radius 2 is 2.32 bits per heavy atom. The maximum Gasteiger partial charge on any atom is 0.119 e. The summed E-state index contributed by atoms with van der Waals surface area (Å²) in [4.78, 5) is 2.50. The van der Waals surface area contributed by atoms with Gasteiger partial charge in [-0.25, -0.2) is 0 Å². The molecule has 4 heteroatoms. The second-order valence-corrected chi connectivity index (χ2v) is 5.80. The lowest BCUT2D eigenvalue weighted by Crippen LogP contribution is -2.40. The van der Waals surface area contributed by atoms with Crippen LogP contribution in [-0.4, -0.2) is 28.3 Å². The number of allylic oxidation sites excluding steroid dienone is 1. The number of likely N-dealkylation sites (tertiary alicyclic amines) is 1. The van der Waals surface area contributed by atoms with Crippen molar-refractivity contribution in [3.63, 3.8) is 0 Å². The second-order valence-electron chi connectivity index (χ2n) is 5.80. The standard InChI is InChI=1S/C18H23N3O/c1-4-9-21-13-16(14(2)19-21)12-20-10-8-18(20)15-6-5-7-17(11-15)22-3/h4-7,11,13,18H,1,8-10,12H2,2-3H3. The molecule has 1 unspecified atom stereocenters. The van der Waals surface area contributed by atoms with Gasteiger partial charge in [0.2, 0.25) is 0 Å². The number of nitrogens with zero attached hydrogens (tertiary/aromatic N) is 3. The zero-order valence-electron chi connectivity index (χ0n) is 13.3. The molecule has 1 saturated heterocycles. The van der Waals surface area contributed by atoms with Gasteiger partial charge in [0.1, 0.15) is 5.75 Å². The summed E-state index contributed by atoms with van der Waals surface area (Å²) in [6.07, 6.45) is 5.21. The normalized spacial score (nSPS) is 18.0. The zero-order chi connectivity index (χ0) is 15.5. The number of rotatable bonds is 6. The molecule has 1 atom stereocenters. The molecule has 1 aliphatic heterocycles. The lowest BCUT2D eigenvalue weighted by atomic mass is 9.94. The highest BCUT2D eigenvalue weighted by Gasteiger charge is 2.30.